The van der Waals surface area contributed by atoms with Crippen LogP contribution in [-0.2, 0) is 0 Å². The maximum atomic E-state index is 3.51. The molecule has 0 amide bonds. The Kier molecular flexibility index (Phi) is 4.66. The van der Waals surface area contributed by atoms with Crippen molar-refractivity contribution in [2.45, 2.75) is 39.5 Å². The third-order valence-electron chi connectivity index (χ3n) is 4.42. The van der Waals surface area contributed by atoms with Crippen LogP contribution in [0.3, 0.4) is 0 Å². The summed E-state index contributed by atoms with van der Waals surface area (Å²) >= 11 is 0. The molecule has 94 valence electrons. The summed E-state index contributed by atoms with van der Waals surface area (Å²) < 4.78 is 0. The average molecular weight is 224 g/mol. The first-order valence-corrected chi connectivity index (χ1v) is 7.19. The molecule has 0 aromatic carbocycles. The van der Waals surface area contributed by atoms with Crippen LogP contribution in [0.2, 0.25) is 0 Å². The third kappa shape index (κ3) is 3.46. The highest BCUT2D eigenvalue weighted by molar-refractivity contribution is 4.82. The molecule has 2 heteroatoms. The van der Waals surface area contributed by atoms with Crippen molar-refractivity contribution in [3.8, 4) is 0 Å². The fraction of sp³-hybridized carbons (Fsp3) is 1.00. The number of nitrogens with one attached hydrogen (secondary N) is 1. The topological polar surface area (TPSA) is 15.3 Å². The first-order valence-electron chi connectivity index (χ1n) is 7.19. The van der Waals surface area contributed by atoms with Crippen molar-refractivity contribution < 1.29 is 0 Å². The maximum Gasteiger partial charge on any atom is -0.00160 e. The average Bonchev–Trinajstić information content (AvgIpc) is 2.80. The van der Waals surface area contributed by atoms with E-state index in [0.717, 1.165) is 17.8 Å². The second kappa shape index (κ2) is 6.02. The molecule has 0 saturated carbocycles. The minimum atomic E-state index is 0.858. The lowest BCUT2D eigenvalue weighted by atomic mass is 9.84. The van der Waals surface area contributed by atoms with Crippen LogP contribution in [0.15, 0.2) is 0 Å². The molecule has 2 nitrogen and oxygen atoms in total. The summed E-state index contributed by atoms with van der Waals surface area (Å²) in [4.78, 5) is 2.68. The zero-order valence-corrected chi connectivity index (χ0v) is 11.0. The number of nitrogens with zero attached hydrogens (tertiary/aromatic N) is 1. The van der Waals surface area contributed by atoms with Gasteiger partial charge >= 0.3 is 0 Å². The SMILES string of the molecule is CC(C)CCN1CCC(C2CCNC2)CC1. The summed E-state index contributed by atoms with van der Waals surface area (Å²) in [6.07, 6.45) is 5.70. The van der Waals surface area contributed by atoms with Gasteiger partial charge in [0.1, 0.15) is 0 Å². The van der Waals surface area contributed by atoms with Crippen LogP contribution in [0.1, 0.15) is 39.5 Å². The maximum absolute atomic E-state index is 3.51. The van der Waals surface area contributed by atoms with Gasteiger partial charge in [-0.05, 0) is 76.2 Å². The van der Waals surface area contributed by atoms with E-state index in [1.54, 1.807) is 0 Å². The van der Waals surface area contributed by atoms with Crippen molar-refractivity contribution in [2.75, 3.05) is 32.7 Å². The first-order chi connectivity index (χ1) is 7.75. The zero-order valence-electron chi connectivity index (χ0n) is 11.0. The van der Waals surface area contributed by atoms with Gasteiger partial charge in [0.2, 0.25) is 0 Å². The number of rotatable bonds is 4. The standard InChI is InChI=1S/C14H28N2/c1-12(2)4-8-16-9-5-13(6-10-16)14-3-7-15-11-14/h12-15H,3-11H2,1-2H3. The second-order valence-corrected chi connectivity index (χ2v) is 6.11. The van der Waals surface area contributed by atoms with Crippen LogP contribution < -0.4 is 5.32 Å². The number of hydrogen-bond acceptors (Lipinski definition) is 2. The summed E-state index contributed by atoms with van der Waals surface area (Å²) in [6, 6.07) is 0. The summed E-state index contributed by atoms with van der Waals surface area (Å²) in [5, 5.41) is 3.51. The minimum Gasteiger partial charge on any atom is -0.316 e. The predicted octanol–water partition coefficient (Wildman–Crippen LogP) is 2.35. The highest BCUT2D eigenvalue weighted by Gasteiger charge is 2.28. The second-order valence-electron chi connectivity index (χ2n) is 6.11. The van der Waals surface area contributed by atoms with Crippen LogP contribution >= 0.6 is 0 Å². The van der Waals surface area contributed by atoms with E-state index in [2.05, 4.69) is 24.1 Å². The lowest BCUT2D eigenvalue weighted by Crippen LogP contribution is -2.37. The van der Waals surface area contributed by atoms with Crippen molar-refractivity contribution >= 4 is 0 Å². The van der Waals surface area contributed by atoms with Gasteiger partial charge in [-0.25, -0.2) is 0 Å². The van der Waals surface area contributed by atoms with Crippen LogP contribution in [-0.4, -0.2) is 37.6 Å². The fourth-order valence-electron chi connectivity index (χ4n) is 3.17. The molecule has 1 unspecified atom stereocenters. The number of likely N-dealkylation sites (tertiary alicyclic amines) is 1. The molecular weight excluding hydrogens is 196 g/mol. The van der Waals surface area contributed by atoms with Gasteiger partial charge in [0.15, 0.2) is 0 Å². The summed E-state index contributed by atoms with van der Waals surface area (Å²) in [7, 11) is 0. The lowest BCUT2D eigenvalue weighted by molar-refractivity contribution is 0.147. The molecule has 0 aliphatic carbocycles. The van der Waals surface area contributed by atoms with Crippen molar-refractivity contribution in [1.82, 2.24) is 10.2 Å². The Bertz CT molecular complexity index is 189. The van der Waals surface area contributed by atoms with E-state index in [1.807, 2.05) is 0 Å². The summed E-state index contributed by atoms with van der Waals surface area (Å²) in [5.74, 6) is 2.87. The largest absolute Gasteiger partial charge is 0.316 e. The van der Waals surface area contributed by atoms with Crippen molar-refractivity contribution in [1.29, 1.82) is 0 Å². The van der Waals surface area contributed by atoms with E-state index in [4.69, 9.17) is 0 Å². The molecule has 1 atom stereocenters. The van der Waals surface area contributed by atoms with Crippen molar-refractivity contribution in [2.24, 2.45) is 17.8 Å². The quantitative estimate of drug-likeness (QED) is 0.788. The Balaban J connectivity index is 1.65. The molecule has 0 spiro atoms. The van der Waals surface area contributed by atoms with Gasteiger partial charge in [-0.15, -0.1) is 0 Å². The molecule has 0 radical (unpaired) electrons. The highest BCUT2D eigenvalue weighted by atomic mass is 15.1. The Morgan fingerprint density at radius 3 is 2.44 bits per heavy atom. The van der Waals surface area contributed by atoms with Gasteiger partial charge < -0.3 is 10.2 Å². The van der Waals surface area contributed by atoms with E-state index in [9.17, 15) is 0 Å². The van der Waals surface area contributed by atoms with Gasteiger partial charge in [0, 0.05) is 0 Å². The molecule has 1 N–H and O–H groups in total. The van der Waals surface area contributed by atoms with E-state index in [-0.39, 0.29) is 0 Å². The Labute approximate surface area is 101 Å². The van der Waals surface area contributed by atoms with Crippen molar-refractivity contribution in [3.63, 3.8) is 0 Å². The molecule has 2 saturated heterocycles. The summed E-state index contributed by atoms with van der Waals surface area (Å²) in [5.41, 5.74) is 0. The number of hydrogen-bond donors (Lipinski definition) is 1. The van der Waals surface area contributed by atoms with Gasteiger partial charge in [-0.1, -0.05) is 13.8 Å². The zero-order chi connectivity index (χ0) is 11.4. The fourth-order valence-corrected chi connectivity index (χ4v) is 3.17. The van der Waals surface area contributed by atoms with E-state index in [1.165, 1.54) is 58.4 Å². The monoisotopic (exact) mass is 224 g/mol. The van der Waals surface area contributed by atoms with Gasteiger partial charge in [0.05, 0.1) is 0 Å². The van der Waals surface area contributed by atoms with Gasteiger partial charge in [-0.3, -0.25) is 0 Å². The molecular formula is C14H28N2. The minimum absolute atomic E-state index is 0.858. The molecule has 0 aromatic rings. The molecule has 2 heterocycles. The van der Waals surface area contributed by atoms with Gasteiger partial charge in [-0.2, -0.15) is 0 Å². The molecule has 0 aromatic heterocycles. The predicted molar refractivity (Wildman–Crippen MR) is 69.6 cm³/mol. The summed E-state index contributed by atoms with van der Waals surface area (Å²) in [6.45, 7) is 11.2. The first kappa shape index (κ1) is 12.4. The Morgan fingerprint density at radius 2 is 1.88 bits per heavy atom. The lowest BCUT2D eigenvalue weighted by Gasteiger charge is -2.34. The van der Waals surface area contributed by atoms with E-state index in [0.29, 0.717) is 0 Å². The molecule has 2 rings (SSSR count). The van der Waals surface area contributed by atoms with Crippen LogP contribution in [0.4, 0.5) is 0 Å². The molecule has 2 aliphatic heterocycles. The molecule has 2 aliphatic rings. The molecule has 0 bridgehead atoms. The Hall–Kier alpha value is -0.0800. The smallest absolute Gasteiger partial charge is 0.00160 e. The number of piperidine rings is 1. The Morgan fingerprint density at radius 1 is 1.12 bits per heavy atom. The molecule has 16 heavy (non-hydrogen) atoms. The van der Waals surface area contributed by atoms with Gasteiger partial charge in [0.25, 0.3) is 0 Å². The molecule has 2 fully saturated rings. The third-order valence-corrected chi connectivity index (χ3v) is 4.42. The van der Waals surface area contributed by atoms with Crippen LogP contribution in [0.5, 0.6) is 0 Å². The normalized spacial score (nSPS) is 29.1. The van der Waals surface area contributed by atoms with E-state index < -0.39 is 0 Å². The van der Waals surface area contributed by atoms with Crippen LogP contribution in [0, 0.1) is 17.8 Å². The highest BCUT2D eigenvalue weighted by Crippen LogP contribution is 2.28. The van der Waals surface area contributed by atoms with Crippen LogP contribution in [0.25, 0.3) is 0 Å². The van der Waals surface area contributed by atoms with Crippen molar-refractivity contribution in [3.05, 3.63) is 0 Å². The van der Waals surface area contributed by atoms with E-state index >= 15 is 0 Å².